The molecule has 1 aliphatic rings. The van der Waals surface area contributed by atoms with Crippen LogP contribution in [0.5, 0.6) is 0 Å². The van der Waals surface area contributed by atoms with Crippen LogP contribution in [0.1, 0.15) is 44.1 Å². The number of nitrogens with zero attached hydrogens (tertiary/aromatic N) is 1. The Morgan fingerprint density at radius 1 is 1.25 bits per heavy atom. The van der Waals surface area contributed by atoms with Gasteiger partial charge in [0.25, 0.3) is 0 Å². The van der Waals surface area contributed by atoms with Crippen molar-refractivity contribution in [1.29, 1.82) is 0 Å². The average Bonchev–Trinajstić information content (AvgIpc) is 2.52. The van der Waals surface area contributed by atoms with Crippen LogP contribution in [-0.4, -0.2) is 25.0 Å². The predicted octanol–water partition coefficient (Wildman–Crippen LogP) is 3.22. The maximum Gasteiger partial charge on any atom is 0.306 e. The Morgan fingerprint density at radius 2 is 2.00 bits per heavy atom. The third-order valence-electron chi connectivity index (χ3n) is 4.10. The molecule has 0 saturated heterocycles. The van der Waals surface area contributed by atoms with E-state index in [9.17, 15) is 4.79 Å². The van der Waals surface area contributed by atoms with Gasteiger partial charge in [0.1, 0.15) is 6.61 Å². The van der Waals surface area contributed by atoms with Gasteiger partial charge in [-0.15, -0.1) is 24.0 Å². The molecule has 2 rings (SSSR count). The molecule has 0 atom stereocenters. The van der Waals surface area contributed by atoms with Gasteiger partial charge >= 0.3 is 5.97 Å². The maximum absolute atomic E-state index is 11.6. The molecule has 3 N–H and O–H groups in total. The molecule has 0 spiro atoms. The lowest BCUT2D eigenvalue weighted by Gasteiger charge is -2.23. The molecule has 1 saturated carbocycles. The predicted molar refractivity (Wildman–Crippen MR) is 107 cm³/mol. The van der Waals surface area contributed by atoms with E-state index in [4.69, 9.17) is 10.5 Å². The smallest absolute Gasteiger partial charge is 0.306 e. The van der Waals surface area contributed by atoms with E-state index in [0.29, 0.717) is 19.0 Å². The SMILES string of the molecule is I.NC(=NCC1CCC1)NCCCCC(=O)OCc1ccccc1. The summed E-state index contributed by atoms with van der Waals surface area (Å²) >= 11 is 0. The van der Waals surface area contributed by atoms with Crippen molar-refractivity contribution in [2.75, 3.05) is 13.1 Å². The molecule has 1 aliphatic carbocycles. The summed E-state index contributed by atoms with van der Waals surface area (Å²) in [6.45, 7) is 1.93. The fourth-order valence-electron chi connectivity index (χ4n) is 2.38. The molecule has 0 heterocycles. The highest BCUT2D eigenvalue weighted by Gasteiger charge is 2.16. The summed E-state index contributed by atoms with van der Waals surface area (Å²) < 4.78 is 5.23. The molecule has 24 heavy (non-hydrogen) atoms. The van der Waals surface area contributed by atoms with E-state index in [2.05, 4.69) is 10.3 Å². The molecule has 5 nitrogen and oxygen atoms in total. The zero-order chi connectivity index (χ0) is 16.3. The van der Waals surface area contributed by atoms with Gasteiger partial charge in [0.05, 0.1) is 0 Å². The third kappa shape index (κ3) is 8.52. The molecule has 0 radical (unpaired) electrons. The molecule has 134 valence electrons. The quantitative estimate of drug-likeness (QED) is 0.201. The van der Waals surface area contributed by atoms with Crippen molar-refractivity contribution < 1.29 is 9.53 Å². The average molecular weight is 445 g/mol. The number of guanidine groups is 1. The van der Waals surface area contributed by atoms with Crippen molar-refractivity contribution in [3.8, 4) is 0 Å². The Hall–Kier alpha value is -1.31. The Kier molecular flexibility index (Phi) is 10.5. The topological polar surface area (TPSA) is 76.7 Å². The van der Waals surface area contributed by atoms with Crippen LogP contribution in [0, 0.1) is 5.92 Å². The van der Waals surface area contributed by atoms with Gasteiger partial charge < -0.3 is 15.8 Å². The van der Waals surface area contributed by atoms with Gasteiger partial charge in [-0.2, -0.15) is 0 Å². The molecule has 0 amide bonds. The van der Waals surface area contributed by atoms with E-state index in [-0.39, 0.29) is 29.9 Å². The Labute approximate surface area is 161 Å². The zero-order valence-corrected chi connectivity index (χ0v) is 16.4. The van der Waals surface area contributed by atoms with Crippen LogP contribution in [-0.2, 0) is 16.1 Å². The van der Waals surface area contributed by atoms with E-state index < -0.39 is 0 Å². The lowest BCUT2D eigenvalue weighted by Crippen LogP contribution is -2.33. The van der Waals surface area contributed by atoms with E-state index in [1.165, 1.54) is 19.3 Å². The molecule has 1 fully saturated rings. The highest BCUT2D eigenvalue weighted by molar-refractivity contribution is 14.0. The minimum atomic E-state index is -0.152. The number of carbonyl (C=O) groups is 1. The second-order valence-electron chi connectivity index (χ2n) is 6.05. The molecule has 0 bridgehead atoms. The lowest BCUT2D eigenvalue weighted by atomic mass is 9.86. The van der Waals surface area contributed by atoms with Gasteiger partial charge in [0.2, 0.25) is 0 Å². The van der Waals surface area contributed by atoms with Gasteiger partial charge in [-0.25, -0.2) is 0 Å². The second kappa shape index (κ2) is 12.1. The highest BCUT2D eigenvalue weighted by Crippen LogP contribution is 2.26. The number of carbonyl (C=O) groups excluding carboxylic acids is 1. The highest BCUT2D eigenvalue weighted by atomic mass is 127. The van der Waals surface area contributed by atoms with Crippen LogP contribution in [0.2, 0.25) is 0 Å². The van der Waals surface area contributed by atoms with Crippen LogP contribution in [0.15, 0.2) is 35.3 Å². The largest absolute Gasteiger partial charge is 0.461 e. The van der Waals surface area contributed by atoms with Crippen LogP contribution in [0.3, 0.4) is 0 Å². The fourth-order valence-corrected chi connectivity index (χ4v) is 2.38. The van der Waals surface area contributed by atoms with Gasteiger partial charge in [-0.3, -0.25) is 9.79 Å². The number of unbranched alkanes of at least 4 members (excludes halogenated alkanes) is 1. The molecular formula is C18H28IN3O2. The number of aliphatic imine (C=N–C) groups is 1. The van der Waals surface area contributed by atoms with Crippen molar-refractivity contribution in [2.45, 2.75) is 45.1 Å². The summed E-state index contributed by atoms with van der Waals surface area (Å²) in [7, 11) is 0. The van der Waals surface area contributed by atoms with E-state index in [0.717, 1.165) is 37.4 Å². The van der Waals surface area contributed by atoms with E-state index in [1.807, 2.05) is 30.3 Å². The number of halogens is 1. The van der Waals surface area contributed by atoms with Crippen LogP contribution >= 0.6 is 24.0 Å². The van der Waals surface area contributed by atoms with Crippen molar-refractivity contribution in [3.63, 3.8) is 0 Å². The Bertz CT molecular complexity index is 504. The Balaban J connectivity index is 0.00000288. The molecule has 0 aliphatic heterocycles. The second-order valence-corrected chi connectivity index (χ2v) is 6.05. The van der Waals surface area contributed by atoms with E-state index in [1.54, 1.807) is 0 Å². The minimum Gasteiger partial charge on any atom is -0.461 e. The molecule has 1 aromatic carbocycles. The Morgan fingerprint density at radius 3 is 2.67 bits per heavy atom. The summed E-state index contributed by atoms with van der Waals surface area (Å²) in [6.07, 6.45) is 5.99. The van der Waals surface area contributed by atoms with Crippen molar-refractivity contribution in [1.82, 2.24) is 5.32 Å². The van der Waals surface area contributed by atoms with Crippen molar-refractivity contribution in [3.05, 3.63) is 35.9 Å². The first-order valence-electron chi connectivity index (χ1n) is 8.47. The first-order chi connectivity index (χ1) is 11.2. The first kappa shape index (κ1) is 20.7. The van der Waals surface area contributed by atoms with E-state index >= 15 is 0 Å². The summed E-state index contributed by atoms with van der Waals surface area (Å²) in [5, 5.41) is 3.09. The summed E-state index contributed by atoms with van der Waals surface area (Å²) in [5.74, 6) is 1.10. The minimum absolute atomic E-state index is 0. The first-order valence-corrected chi connectivity index (χ1v) is 8.47. The number of rotatable bonds is 9. The van der Waals surface area contributed by atoms with Crippen LogP contribution in [0.4, 0.5) is 0 Å². The summed E-state index contributed by atoms with van der Waals surface area (Å²) in [6, 6.07) is 9.71. The molecule has 6 heteroatoms. The maximum atomic E-state index is 11.6. The number of hydrogen-bond donors (Lipinski definition) is 2. The molecular weight excluding hydrogens is 417 g/mol. The summed E-state index contributed by atoms with van der Waals surface area (Å²) in [4.78, 5) is 16.0. The number of esters is 1. The van der Waals surface area contributed by atoms with Gasteiger partial charge in [0.15, 0.2) is 5.96 Å². The molecule has 0 aromatic heterocycles. The van der Waals surface area contributed by atoms with Crippen LogP contribution < -0.4 is 11.1 Å². The van der Waals surface area contributed by atoms with Gasteiger partial charge in [-0.05, 0) is 37.2 Å². The van der Waals surface area contributed by atoms with Crippen LogP contribution in [0.25, 0.3) is 0 Å². The zero-order valence-electron chi connectivity index (χ0n) is 14.1. The number of nitrogens with two attached hydrogens (primary N) is 1. The standard InChI is InChI=1S/C18H27N3O2.HI/c19-18(21-13-15-9-6-10-15)20-12-5-4-11-17(22)23-14-16-7-2-1-3-8-16;/h1-3,7-8,15H,4-6,9-14H2,(H3,19,20,21);1H. The summed E-state index contributed by atoms with van der Waals surface area (Å²) in [5.41, 5.74) is 6.81. The van der Waals surface area contributed by atoms with Gasteiger partial charge in [0, 0.05) is 19.5 Å². The van der Waals surface area contributed by atoms with Crippen molar-refractivity contribution in [2.24, 2.45) is 16.6 Å². The molecule has 1 aromatic rings. The third-order valence-corrected chi connectivity index (χ3v) is 4.10. The number of ether oxygens (including phenoxy) is 1. The lowest BCUT2D eigenvalue weighted by molar-refractivity contribution is -0.145. The fraction of sp³-hybridized carbons (Fsp3) is 0.556. The number of nitrogens with one attached hydrogen (secondary N) is 1. The molecule has 0 unspecified atom stereocenters. The van der Waals surface area contributed by atoms with Gasteiger partial charge in [-0.1, -0.05) is 36.8 Å². The van der Waals surface area contributed by atoms with Crippen molar-refractivity contribution >= 4 is 35.9 Å². The normalized spacial score (nSPS) is 14.4. The number of benzene rings is 1. The number of hydrogen-bond acceptors (Lipinski definition) is 3. The monoisotopic (exact) mass is 445 g/mol.